The minimum Gasteiger partial charge on any atom is -0.481 e. The molecule has 0 fully saturated rings. The zero-order chi connectivity index (χ0) is 13.0. The van der Waals surface area contributed by atoms with Crippen molar-refractivity contribution < 1.29 is 29.7 Å². The lowest BCUT2D eigenvalue weighted by Crippen LogP contribution is -2.25. The molecule has 0 amide bonds. The smallest absolute Gasteiger partial charge is 0.335 e. The van der Waals surface area contributed by atoms with Gasteiger partial charge in [0.25, 0.3) is 0 Å². The van der Waals surface area contributed by atoms with E-state index in [2.05, 4.69) is 0 Å². The second-order valence-corrected chi connectivity index (χ2v) is 3.44. The first-order valence-electron chi connectivity index (χ1n) is 4.69. The van der Waals surface area contributed by atoms with E-state index in [1.54, 1.807) is 0 Å². The van der Waals surface area contributed by atoms with Gasteiger partial charge < -0.3 is 15.3 Å². The fourth-order valence-corrected chi connectivity index (χ4v) is 1.30. The molecule has 0 aliphatic heterocycles. The first-order valence-corrected chi connectivity index (χ1v) is 4.69. The Morgan fingerprint density at radius 3 is 1.76 bits per heavy atom. The van der Waals surface area contributed by atoms with Gasteiger partial charge in [-0.15, -0.1) is 0 Å². The molecule has 0 aliphatic rings. The Morgan fingerprint density at radius 1 is 0.941 bits per heavy atom. The molecule has 1 aromatic carbocycles. The van der Waals surface area contributed by atoms with Crippen LogP contribution in [0.3, 0.4) is 0 Å². The van der Waals surface area contributed by atoms with Gasteiger partial charge in [-0.05, 0) is 24.1 Å². The van der Waals surface area contributed by atoms with Crippen LogP contribution in [-0.4, -0.2) is 33.2 Å². The molecule has 1 aromatic rings. The van der Waals surface area contributed by atoms with Crippen LogP contribution in [0.1, 0.15) is 15.9 Å². The van der Waals surface area contributed by atoms with E-state index in [-0.39, 0.29) is 12.0 Å². The summed E-state index contributed by atoms with van der Waals surface area (Å²) in [5.74, 6) is -5.45. The summed E-state index contributed by atoms with van der Waals surface area (Å²) >= 11 is 0. The first kappa shape index (κ1) is 12.7. The van der Waals surface area contributed by atoms with E-state index in [9.17, 15) is 14.4 Å². The van der Waals surface area contributed by atoms with Crippen molar-refractivity contribution in [3.05, 3.63) is 35.4 Å². The normalized spacial score (nSPS) is 10.2. The summed E-state index contributed by atoms with van der Waals surface area (Å²) in [7, 11) is 0. The van der Waals surface area contributed by atoms with E-state index in [4.69, 9.17) is 15.3 Å². The van der Waals surface area contributed by atoms with Crippen LogP contribution in [-0.2, 0) is 16.0 Å². The molecule has 0 saturated heterocycles. The van der Waals surface area contributed by atoms with Crippen molar-refractivity contribution in [2.45, 2.75) is 6.42 Å². The SMILES string of the molecule is O=C(O)c1ccc(CC(C(=O)O)C(=O)O)cc1. The van der Waals surface area contributed by atoms with E-state index in [1.807, 2.05) is 0 Å². The van der Waals surface area contributed by atoms with E-state index in [0.29, 0.717) is 5.56 Å². The fourth-order valence-electron chi connectivity index (χ4n) is 1.30. The molecule has 6 heteroatoms. The molecule has 3 N–H and O–H groups in total. The van der Waals surface area contributed by atoms with Gasteiger partial charge in [0.15, 0.2) is 5.92 Å². The lowest BCUT2D eigenvalue weighted by Gasteiger charge is -2.07. The highest BCUT2D eigenvalue weighted by atomic mass is 16.4. The van der Waals surface area contributed by atoms with Crippen molar-refractivity contribution in [2.75, 3.05) is 0 Å². The number of hydrogen-bond acceptors (Lipinski definition) is 3. The van der Waals surface area contributed by atoms with Crippen molar-refractivity contribution in [3.63, 3.8) is 0 Å². The van der Waals surface area contributed by atoms with Crippen LogP contribution in [0.5, 0.6) is 0 Å². The van der Waals surface area contributed by atoms with Crippen molar-refractivity contribution in [1.29, 1.82) is 0 Å². The number of hydrogen-bond donors (Lipinski definition) is 3. The molecule has 0 unspecified atom stereocenters. The molecule has 0 radical (unpaired) electrons. The highest BCUT2D eigenvalue weighted by molar-refractivity contribution is 5.93. The Hall–Kier alpha value is -2.37. The van der Waals surface area contributed by atoms with Crippen LogP contribution in [0.25, 0.3) is 0 Å². The van der Waals surface area contributed by atoms with E-state index < -0.39 is 23.8 Å². The maximum absolute atomic E-state index is 10.6. The fraction of sp³-hybridized carbons (Fsp3) is 0.182. The average molecular weight is 238 g/mol. The van der Waals surface area contributed by atoms with Crippen LogP contribution in [0, 0.1) is 5.92 Å². The Morgan fingerprint density at radius 2 is 1.41 bits per heavy atom. The van der Waals surface area contributed by atoms with Crippen LogP contribution in [0.2, 0.25) is 0 Å². The highest BCUT2D eigenvalue weighted by Gasteiger charge is 2.25. The van der Waals surface area contributed by atoms with Gasteiger partial charge in [0.05, 0.1) is 5.56 Å². The van der Waals surface area contributed by atoms with Gasteiger partial charge in [0.2, 0.25) is 0 Å². The van der Waals surface area contributed by atoms with Crippen LogP contribution in [0.4, 0.5) is 0 Å². The third kappa shape index (κ3) is 3.30. The molecule has 0 spiro atoms. The van der Waals surface area contributed by atoms with E-state index in [1.165, 1.54) is 24.3 Å². The number of benzene rings is 1. The molecule has 6 nitrogen and oxygen atoms in total. The summed E-state index contributed by atoms with van der Waals surface area (Å²) in [6.45, 7) is 0. The largest absolute Gasteiger partial charge is 0.481 e. The predicted octanol–water partition coefficient (Wildman–Crippen LogP) is 0.713. The molecule has 90 valence electrons. The first-order chi connectivity index (χ1) is 7.91. The summed E-state index contributed by atoms with van der Waals surface area (Å²) in [6.07, 6.45) is -0.176. The lowest BCUT2D eigenvalue weighted by atomic mass is 9.99. The monoisotopic (exact) mass is 238 g/mol. The third-order valence-corrected chi connectivity index (χ3v) is 2.24. The molecular formula is C11H10O6. The molecule has 0 bridgehead atoms. The summed E-state index contributed by atoms with van der Waals surface area (Å²) in [5.41, 5.74) is 0.528. The molecule has 0 atom stereocenters. The number of carbonyl (C=O) groups is 3. The maximum atomic E-state index is 10.6. The Balaban J connectivity index is 2.84. The zero-order valence-corrected chi connectivity index (χ0v) is 8.66. The van der Waals surface area contributed by atoms with Gasteiger partial charge in [0.1, 0.15) is 0 Å². The minimum atomic E-state index is -1.52. The standard InChI is InChI=1S/C11H10O6/c12-9(13)7-3-1-6(2-4-7)5-8(10(14)15)11(16)17/h1-4,8H,5H2,(H,12,13)(H,14,15)(H,16,17). The summed E-state index contributed by atoms with van der Waals surface area (Å²) in [4.78, 5) is 31.9. The number of carboxylic acids is 3. The second-order valence-electron chi connectivity index (χ2n) is 3.44. The number of aliphatic carboxylic acids is 2. The average Bonchev–Trinajstić information content (AvgIpc) is 2.25. The number of rotatable bonds is 5. The Kier molecular flexibility index (Phi) is 3.82. The summed E-state index contributed by atoms with van der Waals surface area (Å²) < 4.78 is 0. The van der Waals surface area contributed by atoms with Crippen molar-refractivity contribution in [1.82, 2.24) is 0 Å². The maximum Gasteiger partial charge on any atom is 0.335 e. The van der Waals surface area contributed by atoms with Crippen molar-refractivity contribution in [3.8, 4) is 0 Å². The van der Waals surface area contributed by atoms with Gasteiger partial charge in [-0.3, -0.25) is 9.59 Å². The molecule has 0 heterocycles. The summed E-state index contributed by atoms with van der Waals surface area (Å²) in [5, 5.41) is 26.0. The van der Waals surface area contributed by atoms with Gasteiger partial charge in [-0.25, -0.2) is 4.79 Å². The molecule has 1 rings (SSSR count). The Bertz CT molecular complexity index is 434. The predicted molar refractivity (Wildman–Crippen MR) is 55.9 cm³/mol. The van der Waals surface area contributed by atoms with Crippen molar-refractivity contribution in [2.24, 2.45) is 5.92 Å². The molecule has 0 saturated carbocycles. The number of aromatic carboxylic acids is 1. The topological polar surface area (TPSA) is 112 Å². The van der Waals surface area contributed by atoms with Crippen LogP contribution in [0.15, 0.2) is 24.3 Å². The summed E-state index contributed by atoms with van der Waals surface area (Å²) in [6, 6.07) is 5.42. The lowest BCUT2D eigenvalue weighted by molar-refractivity contribution is -0.154. The van der Waals surface area contributed by atoms with Gasteiger partial charge >= 0.3 is 17.9 Å². The molecule has 0 aliphatic carbocycles. The van der Waals surface area contributed by atoms with Gasteiger partial charge in [0, 0.05) is 0 Å². The van der Waals surface area contributed by atoms with Crippen LogP contribution < -0.4 is 0 Å². The minimum absolute atomic E-state index is 0.0657. The van der Waals surface area contributed by atoms with Gasteiger partial charge in [-0.2, -0.15) is 0 Å². The van der Waals surface area contributed by atoms with Gasteiger partial charge in [-0.1, -0.05) is 12.1 Å². The van der Waals surface area contributed by atoms with E-state index >= 15 is 0 Å². The zero-order valence-electron chi connectivity index (χ0n) is 8.66. The highest BCUT2D eigenvalue weighted by Crippen LogP contribution is 2.11. The third-order valence-electron chi connectivity index (χ3n) is 2.24. The molecular weight excluding hydrogens is 228 g/mol. The number of carboxylic acid groups (broad SMARTS) is 3. The molecule has 17 heavy (non-hydrogen) atoms. The quantitative estimate of drug-likeness (QED) is 0.651. The van der Waals surface area contributed by atoms with Crippen molar-refractivity contribution >= 4 is 17.9 Å². The molecule has 0 aromatic heterocycles. The van der Waals surface area contributed by atoms with Crippen LogP contribution >= 0.6 is 0 Å². The Labute approximate surface area is 96.1 Å². The second kappa shape index (κ2) is 5.11. The van der Waals surface area contributed by atoms with E-state index in [0.717, 1.165) is 0 Å².